The lowest BCUT2D eigenvalue weighted by molar-refractivity contribution is 0.457. The summed E-state index contributed by atoms with van der Waals surface area (Å²) in [5.74, 6) is 0.149. The topological polar surface area (TPSA) is 32.3 Å². The minimum absolute atomic E-state index is 0.149. The van der Waals surface area contributed by atoms with Crippen LogP contribution in [0.3, 0.4) is 0 Å². The van der Waals surface area contributed by atoms with E-state index in [4.69, 9.17) is 23.2 Å². The predicted molar refractivity (Wildman–Crippen MR) is 58.1 cm³/mol. The van der Waals surface area contributed by atoms with E-state index in [2.05, 4.69) is 5.32 Å². The van der Waals surface area contributed by atoms with Crippen molar-refractivity contribution in [2.24, 2.45) is 0 Å². The van der Waals surface area contributed by atoms with Crippen molar-refractivity contribution in [2.45, 2.75) is 18.9 Å². The molecule has 1 atom stereocenters. The second-order valence-corrected chi connectivity index (χ2v) is 4.32. The van der Waals surface area contributed by atoms with Crippen LogP contribution in [0.1, 0.15) is 24.4 Å². The van der Waals surface area contributed by atoms with Crippen LogP contribution in [0.5, 0.6) is 5.75 Å². The van der Waals surface area contributed by atoms with Gasteiger partial charge in [-0.2, -0.15) is 0 Å². The molecule has 1 saturated heterocycles. The monoisotopic (exact) mass is 231 g/mol. The maximum Gasteiger partial charge on any atom is 0.139 e. The van der Waals surface area contributed by atoms with Crippen LogP contribution >= 0.6 is 23.2 Å². The van der Waals surface area contributed by atoms with E-state index < -0.39 is 0 Å². The lowest BCUT2D eigenvalue weighted by atomic mass is 10.0. The van der Waals surface area contributed by atoms with E-state index in [9.17, 15) is 5.11 Å². The lowest BCUT2D eigenvalue weighted by Crippen LogP contribution is -2.12. The number of benzene rings is 1. The van der Waals surface area contributed by atoms with Gasteiger partial charge >= 0.3 is 0 Å². The fraction of sp³-hybridized carbons (Fsp3) is 0.400. The summed E-state index contributed by atoms with van der Waals surface area (Å²) >= 11 is 11.7. The molecule has 1 fully saturated rings. The molecule has 1 aromatic carbocycles. The first kappa shape index (κ1) is 10.1. The Morgan fingerprint density at radius 2 is 2.14 bits per heavy atom. The minimum Gasteiger partial charge on any atom is -0.506 e. The Morgan fingerprint density at radius 3 is 2.79 bits per heavy atom. The quantitative estimate of drug-likeness (QED) is 0.779. The Labute approximate surface area is 92.8 Å². The van der Waals surface area contributed by atoms with Gasteiger partial charge in [-0.3, -0.25) is 0 Å². The van der Waals surface area contributed by atoms with E-state index in [1.165, 1.54) is 0 Å². The van der Waals surface area contributed by atoms with Gasteiger partial charge in [0.25, 0.3) is 0 Å². The molecule has 1 heterocycles. The Balaban J connectivity index is 2.40. The summed E-state index contributed by atoms with van der Waals surface area (Å²) in [4.78, 5) is 0. The number of hydrogen-bond acceptors (Lipinski definition) is 2. The lowest BCUT2D eigenvalue weighted by Gasteiger charge is -2.13. The normalized spacial score (nSPS) is 21.4. The van der Waals surface area contributed by atoms with Crippen LogP contribution in [0.25, 0.3) is 0 Å². The largest absolute Gasteiger partial charge is 0.506 e. The van der Waals surface area contributed by atoms with Gasteiger partial charge in [-0.25, -0.2) is 0 Å². The first-order valence-electron chi connectivity index (χ1n) is 4.60. The number of phenolic OH excluding ortho intramolecular Hbond substituents is 1. The van der Waals surface area contributed by atoms with E-state index >= 15 is 0 Å². The molecular weight excluding hydrogens is 221 g/mol. The van der Waals surface area contributed by atoms with Crippen molar-refractivity contribution in [1.29, 1.82) is 0 Å². The maximum atomic E-state index is 9.75. The van der Waals surface area contributed by atoms with E-state index in [1.54, 1.807) is 12.1 Å². The fourth-order valence-electron chi connectivity index (χ4n) is 1.80. The second kappa shape index (κ2) is 3.97. The molecule has 4 heteroatoms. The number of nitrogens with one attached hydrogen (secondary N) is 1. The highest BCUT2D eigenvalue weighted by molar-refractivity contribution is 6.35. The van der Waals surface area contributed by atoms with Crippen molar-refractivity contribution in [3.63, 3.8) is 0 Å². The summed E-state index contributed by atoms with van der Waals surface area (Å²) in [5, 5.41) is 13.9. The van der Waals surface area contributed by atoms with Crippen LogP contribution in [0, 0.1) is 0 Å². The average molecular weight is 232 g/mol. The molecule has 0 aromatic heterocycles. The summed E-state index contributed by atoms with van der Waals surface area (Å²) < 4.78 is 0. The molecule has 2 nitrogen and oxygen atoms in total. The van der Waals surface area contributed by atoms with Gasteiger partial charge in [-0.05, 0) is 31.5 Å². The summed E-state index contributed by atoms with van der Waals surface area (Å²) in [6, 6.07) is 3.51. The molecular formula is C10H11Cl2NO. The third-order valence-corrected chi connectivity index (χ3v) is 3.00. The number of phenols is 1. The average Bonchev–Trinajstić information content (AvgIpc) is 2.63. The number of hydrogen-bond donors (Lipinski definition) is 2. The first-order chi connectivity index (χ1) is 6.68. The highest BCUT2D eigenvalue weighted by Gasteiger charge is 2.21. The summed E-state index contributed by atoms with van der Waals surface area (Å²) in [7, 11) is 0. The predicted octanol–water partition coefficient (Wildman–Crippen LogP) is 3.12. The molecule has 14 heavy (non-hydrogen) atoms. The minimum atomic E-state index is 0.149. The smallest absolute Gasteiger partial charge is 0.139 e. The molecule has 2 rings (SSSR count). The van der Waals surface area contributed by atoms with Crippen molar-refractivity contribution in [2.75, 3.05) is 6.54 Å². The van der Waals surface area contributed by atoms with E-state index in [0.717, 1.165) is 24.9 Å². The highest BCUT2D eigenvalue weighted by atomic mass is 35.5. The Bertz CT molecular complexity index is 348. The van der Waals surface area contributed by atoms with Gasteiger partial charge in [0, 0.05) is 16.6 Å². The first-order valence-corrected chi connectivity index (χ1v) is 5.35. The Kier molecular flexibility index (Phi) is 2.86. The third-order valence-electron chi connectivity index (χ3n) is 2.49. The van der Waals surface area contributed by atoms with Crippen molar-refractivity contribution in [3.8, 4) is 5.75 Å². The van der Waals surface area contributed by atoms with Crippen molar-refractivity contribution in [1.82, 2.24) is 5.32 Å². The van der Waals surface area contributed by atoms with Gasteiger partial charge in [0.2, 0.25) is 0 Å². The van der Waals surface area contributed by atoms with Crippen LogP contribution in [0.4, 0.5) is 0 Å². The van der Waals surface area contributed by atoms with Crippen molar-refractivity contribution in [3.05, 3.63) is 27.7 Å². The Hall–Kier alpha value is -0.440. The van der Waals surface area contributed by atoms with Gasteiger partial charge in [0.1, 0.15) is 5.75 Å². The Morgan fingerprint density at radius 1 is 1.36 bits per heavy atom. The van der Waals surface area contributed by atoms with Crippen LogP contribution in [0.15, 0.2) is 12.1 Å². The SMILES string of the molecule is Oc1c(Cl)cc(Cl)cc1[C@@H]1CCCN1. The number of aromatic hydroxyl groups is 1. The van der Waals surface area contributed by atoms with Gasteiger partial charge in [-0.15, -0.1) is 0 Å². The zero-order valence-electron chi connectivity index (χ0n) is 7.56. The van der Waals surface area contributed by atoms with Crippen LogP contribution < -0.4 is 5.32 Å². The molecule has 2 N–H and O–H groups in total. The molecule has 0 saturated carbocycles. The highest BCUT2D eigenvalue weighted by Crippen LogP contribution is 2.37. The molecule has 76 valence electrons. The van der Waals surface area contributed by atoms with E-state index in [-0.39, 0.29) is 11.8 Å². The van der Waals surface area contributed by atoms with Crippen molar-refractivity contribution >= 4 is 23.2 Å². The standard InChI is InChI=1S/C10H11Cl2NO/c11-6-4-7(9-2-1-3-13-9)10(14)8(12)5-6/h4-5,9,13-14H,1-3H2/t9-/m0/s1. The molecule has 0 radical (unpaired) electrons. The molecule has 1 aliphatic heterocycles. The van der Waals surface area contributed by atoms with Gasteiger partial charge in [0.15, 0.2) is 0 Å². The summed E-state index contributed by atoms with van der Waals surface area (Å²) in [6.45, 7) is 0.980. The molecule has 0 bridgehead atoms. The van der Waals surface area contributed by atoms with Gasteiger partial charge in [0.05, 0.1) is 5.02 Å². The van der Waals surface area contributed by atoms with E-state index in [0.29, 0.717) is 10.0 Å². The maximum absolute atomic E-state index is 9.75. The fourth-order valence-corrected chi connectivity index (χ4v) is 2.31. The van der Waals surface area contributed by atoms with Gasteiger partial charge in [-0.1, -0.05) is 23.2 Å². The van der Waals surface area contributed by atoms with Crippen LogP contribution in [0.2, 0.25) is 10.0 Å². The van der Waals surface area contributed by atoms with E-state index in [1.807, 2.05) is 0 Å². The van der Waals surface area contributed by atoms with Crippen LogP contribution in [-0.2, 0) is 0 Å². The molecule has 1 aliphatic rings. The molecule has 0 amide bonds. The zero-order valence-corrected chi connectivity index (χ0v) is 9.07. The number of halogens is 2. The second-order valence-electron chi connectivity index (χ2n) is 3.47. The molecule has 1 aromatic rings. The van der Waals surface area contributed by atoms with Gasteiger partial charge < -0.3 is 10.4 Å². The van der Waals surface area contributed by atoms with Crippen molar-refractivity contribution < 1.29 is 5.11 Å². The van der Waals surface area contributed by atoms with Crippen LogP contribution in [-0.4, -0.2) is 11.7 Å². The molecule has 0 unspecified atom stereocenters. The number of rotatable bonds is 1. The summed E-state index contributed by atoms with van der Waals surface area (Å²) in [5.41, 5.74) is 0.806. The molecule has 0 spiro atoms. The zero-order chi connectivity index (χ0) is 10.1. The third kappa shape index (κ3) is 1.83. The summed E-state index contributed by atoms with van der Waals surface area (Å²) in [6.07, 6.45) is 2.14. The molecule has 0 aliphatic carbocycles.